The van der Waals surface area contributed by atoms with Crippen molar-refractivity contribution in [1.29, 1.82) is 0 Å². The number of aryl methyl sites for hydroxylation is 1. The molecule has 2 unspecified atom stereocenters. The molecule has 1 amide bonds. The Morgan fingerprint density at radius 3 is 2.52 bits per heavy atom. The molecule has 0 radical (unpaired) electrons. The van der Waals surface area contributed by atoms with Crippen LogP contribution in [0.3, 0.4) is 0 Å². The summed E-state index contributed by atoms with van der Waals surface area (Å²) >= 11 is 0. The Morgan fingerprint density at radius 1 is 1.33 bits per heavy atom. The van der Waals surface area contributed by atoms with Crippen LogP contribution in [0.1, 0.15) is 45.6 Å². The van der Waals surface area contributed by atoms with Gasteiger partial charge < -0.3 is 11.1 Å². The number of amides is 1. The van der Waals surface area contributed by atoms with Gasteiger partial charge in [-0.2, -0.15) is 4.31 Å². The Bertz CT molecular complexity index is 746. The highest BCUT2D eigenvalue weighted by molar-refractivity contribution is 7.89. The minimum atomic E-state index is -3.58. The highest BCUT2D eigenvalue weighted by Crippen LogP contribution is 2.25. The number of benzene rings is 1. The van der Waals surface area contributed by atoms with Gasteiger partial charge in [0.1, 0.15) is 0 Å². The lowest BCUT2D eigenvalue weighted by atomic mass is 9.89. The third kappa shape index (κ3) is 5.53. The van der Waals surface area contributed by atoms with Crippen LogP contribution in [0.2, 0.25) is 0 Å². The maximum atomic E-state index is 12.9. The topological polar surface area (TPSA) is 92.5 Å². The lowest BCUT2D eigenvalue weighted by Crippen LogP contribution is -2.55. The first kappa shape index (κ1) is 21.9. The van der Waals surface area contributed by atoms with Gasteiger partial charge in [0.25, 0.3) is 0 Å². The lowest BCUT2D eigenvalue weighted by Gasteiger charge is -2.36. The number of hydrogen-bond donors (Lipinski definition) is 2. The summed E-state index contributed by atoms with van der Waals surface area (Å²) in [6.45, 7) is 9.07. The number of nitrogens with zero attached hydrogens (tertiary/aromatic N) is 1. The predicted octanol–water partition coefficient (Wildman–Crippen LogP) is 2.28. The zero-order chi connectivity index (χ0) is 20.2. The molecule has 6 nitrogen and oxygen atoms in total. The van der Waals surface area contributed by atoms with Gasteiger partial charge in [-0.25, -0.2) is 8.42 Å². The molecule has 0 bridgehead atoms. The van der Waals surface area contributed by atoms with Crippen LogP contribution in [-0.4, -0.2) is 43.8 Å². The van der Waals surface area contributed by atoms with Crippen LogP contribution in [0.25, 0.3) is 0 Å². The molecular formula is C20H33N3O3S. The van der Waals surface area contributed by atoms with E-state index in [0.717, 1.165) is 12.0 Å². The normalized spacial score (nSPS) is 21.0. The minimum absolute atomic E-state index is 0.104. The van der Waals surface area contributed by atoms with E-state index >= 15 is 0 Å². The van der Waals surface area contributed by atoms with Crippen molar-refractivity contribution in [2.75, 3.05) is 19.6 Å². The number of nitrogens with two attached hydrogens (primary N) is 1. The molecule has 7 heteroatoms. The molecule has 1 heterocycles. The van der Waals surface area contributed by atoms with Gasteiger partial charge in [-0.3, -0.25) is 4.79 Å². The maximum Gasteiger partial charge on any atom is 0.243 e. The number of piperidine rings is 1. The van der Waals surface area contributed by atoms with Crippen LogP contribution >= 0.6 is 0 Å². The molecular weight excluding hydrogens is 362 g/mol. The first-order chi connectivity index (χ1) is 12.6. The van der Waals surface area contributed by atoms with Gasteiger partial charge in [-0.15, -0.1) is 0 Å². The molecule has 27 heavy (non-hydrogen) atoms. The molecule has 152 valence electrons. The standard InChI is InChI=1S/C20H33N3O3S/c1-15(2)12-20(4,14-21)22-19(24)17-6-5-11-23(13-17)27(25,26)18-9-7-16(3)8-10-18/h7-10,15,17H,5-6,11-14,21H2,1-4H3,(H,22,24). The average Bonchev–Trinajstić information content (AvgIpc) is 2.61. The fourth-order valence-corrected chi connectivity index (χ4v) is 5.24. The number of rotatable bonds is 7. The van der Waals surface area contributed by atoms with Crippen LogP contribution in [-0.2, 0) is 14.8 Å². The smallest absolute Gasteiger partial charge is 0.243 e. The highest BCUT2D eigenvalue weighted by atomic mass is 32.2. The van der Waals surface area contributed by atoms with Crippen LogP contribution in [0.4, 0.5) is 0 Å². The fourth-order valence-electron chi connectivity index (χ4n) is 3.72. The van der Waals surface area contributed by atoms with Crippen molar-refractivity contribution in [2.24, 2.45) is 17.6 Å². The summed E-state index contributed by atoms with van der Waals surface area (Å²) in [6.07, 6.45) is 2.15. The Kier molecular flexibility index (Phi) is 7.05. The van der Waals surface area contributed by atoms with Gasteiger partial charge in [-0.1, -0.05) is 31.5 Å². The number of nitrogens with one attached hydrogen (secondary N) is 1. The molecule has 0 spiro atoms. The van der Waals surface area contributed by atoms with Gasteiger partial charge in [0.15, 0.2) is 0 Å². The van der Waals surface area contributed by atoms with Gasteiger partial charge >= 0.3 is 0 Å². The first-order valence-electron chi connectivity index (χ1n) is 9.66. The van der Waals surface area contributed by atoms with E-state index < -0.39 is 15.6 Å². The molecule has 2 rings (SSSR count). The van der Waals surface area contributed by atoms with E-state index in [0.29, 0.717) is 31.8 Å². The Hall–Kier alpha value is -1.44. The van der Waals surface area contributed by atoms with Gasteiger partial charge in [-0.05, 0) is 51.2 Å². The molecule has 2 atom stereocenters. The van der Waals surface area contributed by atoms with Crippen LogP contribution < -0.4 is 11.1 Å². The molecule has 3 N–H and O–H groups in total. The molecule has 1 aromatic carbocycles. The largest absolute Gasteiger partial charge is 0.349 e. The minimum Gasteiger partial charge on any atom is -0.349 e. The number of carbonyl (C=O) groups excluding carboxylic acids is 1. The second-order valence-corrected chi connectivity index (χ2v) is 10.3. The van der Waals surface area contributed by atoms with Crippen LogP contribution in [0, 0.1) is 18.8 Å². The summed E-state index contributed by atoms with van der Waals surface area (Å²) in [4.78, 5) is 13.1. The van der Waals surface area contributed by atoms with Crippen LogP contribution in [0.5, 0.6) is 0 Å². The maximum absolute atomic E-state index is 12.9. The number of hydrogen-bond acceptors (Lipinski definition) is 4. The quantitative estimate of drug-likeness (QED) is 0.741. The Balaban J connectivity index is 2.10. The average molecular weight is 396 g/mol. The van der Waals surface area contributed by atoms with E-state index in [1.807, 2.05) is 13.8 Å². The van der Waals surface area contributed by atoms with Crippen molar-refractivity contribution in [3.63, 3.8) is 0 Å². The molecule has 0 aliphatic carbocycles. The van der Waals surface area contributed by atoms with Gasteiger partial charge in [0, 0.05) is 25.2 Å². The van der Waals surface area contributed by atoms with Crippen molar-refractivity contribution >= 4 is 15.9 Å². The second kappa shape index (κ2) is 8.71. The lowest BCUT2D eigenvalue weighted by molar-refractivity contribution is -0.128. The molecule has 0 saturated carbocycles. The summed E-state index contributed by atoms with van der Waals surface area (Å²) in [5.41, 5.74) is 6.44. The van der Waals surface area contributed by atoms with Crippen molar-refractivity contribution in [2.45, 2.75) is 57.4 Å². The summed E-state index contributed by atoms with van der Waals surface area (Å²) in [5, 5.41) is 3.08. The van der Waals surface area contributed by atoms with E-state index in [9.17, 15) is 13.2 Å². The van der Waals surface area contributed by atoms with Crippen molar-refractivity contribution in [3.05, 3.63) is 29.8 Å². The van der Waals surface area contributed by atoms with E-state index in [1.54, 1.807) is 24.3 Å². The molecule has 1 fully saturated rings. The molecule has 1 aromatic rings. The van der Waals surface area contributed by atoms with Crippen molar-refractivity contribution in [1.82, 2.24) is 9.62 Å². The van der Waals surface area contributed by atoms with E-state index in [-0.39, 0.29) is 23.3 Å². The Morgan fingerprint density at radius 2 is 1.96 bits per heavy atom. The summed E-state index contributed by atoms with van der Waals surface area (Å²) in [7, 11) is -3.58. The van der Waals surface area contributed by atoms with E-state index in [4.69, 9.17) is 5.73 Å². The van der Waals surface area contributed by atoms with E-state index in [2.05, 4.69) is 19.2 Å². The second-order valence-electron chi connectivity index (χ2n) is 8.37. The van der Waals surface area contributed by atoms with Crippen molar-refractivity contribution < 1.29 is 13.2 Å². The molecule has 0 aromatic heterocycles. The van der Waals surface area contributed by atoms with E-state index in [1.165, 1.54) is 4.31 Å². The van der Waals surface area contributed by atoms with Gasteiger partial charge in [0.05, 0.1) is 10.8 Å². The monoisotopic (exact) mass is 395 g/mol. The number of sulfonamides is 1. The third-order valence-corrected chi connectivity index (χ3v) is 7.03. The first-order valence-corrected chi connectivity index (χ1v) is 11.1. The van der Waals surface area contributed by atoms with Crippen LogP contribution in [0.15, 0.2) is 29.2 Å². The molecule has 1 aliphatic rings. The third-order valence-electron chi connectivity index (χ3n) is 5.15. The number of carbonyl (C=O) groups is 1. The zero-order valence-electron chi connectivity index (χ0n) is 16.9. The summed E-state index contributed by atoms with van der Waals surface area (Å²) in [5.74, 6) is -0.0481. The molecule has 1 saturated heterocycles. The van der Waals surface area contributed by atoms with Crippen molar-refractivity contribution in [3.8, 4) is 0 Å². The summed E-state index contributed by atoms with van der Waals surface area (Å²) < 4.78 is 27.3. The SMILES string of the molecule is Cc1ccc(S(=O)(=O)N2CCCC(C(=O)NC(C)(CN)CC(C)C)C2)cc1. The summed E-state index contributed by atoms with van der Waals surface area (Å²) in [6, 6.07) is 6.84. The fraction of sp³-hybridized carbons (Fsp3) is 0.650. The highest BCUT2D eigenvalue weighted by Gasteiger charge is 2.35. The van der Waals surface area contributed by atoms with Gasteiger partial charge in [0.2, 0.25) is 15.9 Å². The Labute approximate surface area is 163 Å². The predicted molar refractivity (Wildman–Crippen MR) is 108 cm³/mol. The molecule has 1 aliphatic heterocycles. The zero-order valence-corrected chi connectivity index (χ0v) is 17.7.